The van der Waals surface area contributed by atoms with Gasteiger partial charge in [0.05, 0.1) is 108 Å². The number of aliphatic carboxylic acids is 1. The molecule has 0 aliphatic carbocycles. The molecule has 0 saturated carbocycles. The fraction of sp³-hybridized carbons (Fsp3) is 0.213. The van der Waals surface area contributed by atoms with E-state index in [0.29, 0.717) is 86.4 Å². The Balaban J connectivity index is 0.000000138. The summed E-state index contributed by atoms with van der Waals surface area (Å²) in [7, 11) is 8.90. The number of phenols is 3. The zero-order chi connectivity index (χ0) is 85.8. The number of aliphatic hydroxyl groups is 3. The Kier molecular flexibility index (Phi) is 22.5. The van der Waals surface area contributed by atoms with Crippen molar-refractivity contribution in [2.24, 2.45) is 0 Å². The molecular formula is C89H76N6O23S3. The number of benzene rings is 9. The highest BCUT2D eigenvalue weighted by molar-refractivity contribution is 7.23. The first-order valence-electron chi connectivity index (χ1n) is 37.6. The number of nitrogens with zero attached hydrogens (tertiary/aromatic N) is 6. The summed E-state index contributed by atoms with van der Waals surface area (Å²) in [6.45, 7) is 6.95. The zero-order valence-electron chi connectivity index (χ0n) is 66.2. The lowest BCUT2D eigenvalue weighted by Crippen LogP contribution is -2.29. The number of aromatic nitrogens is 3. The van der Waals surface area contributed by atoms with Crippen molar-refractivity contribution in [1.29, 1.82) is 0 Å². The quantitative estimate of drug-likeness (QED) is 0.0285. The van der Waals surface area contributed by atoms with Crippen LogP contribution < -0.4 is 57.3 Å². The van der Waals surface area contributed by atoms with E-state index < -0.39 is 59.2 Å². The topological polar surface area (TPSA) is 393 Å². The first-order chi connectivity index (χ1) is 58.1. The van der Waals surface area contributed by atoms with E-state index in [2.05, 4.69) is 15.0 Å². The van der Waals surface area contributed by atoms with E-state index in [-0.39, 0.29) is 102 Å². The van der Waals surface area contributed by atoms with E-state index in [1.165, 1.54) is 88.2 Å². The number of thiazole rings is 3. The van der Waals surface area contributed by atoms with Gasteiger partial charge < -0.3 is 78.4 Å². The number of carbonyl (C=O) groups is 7. The number of anilines is 3. The number of fused-ring (bicyclic) bond motifs is 6. The molecule has 0 bridgehead atoms. The van der Waals surface area contributed by atoms with E-state index in [9.17, 15) is 59.4 Å². The Hall–Kier alpha value is -14.2. The van der Waals surface area contributed by atoms with Crippen molar-refractivity contribution in [3.8, 4) is 69.0 Å². The Bertz CT molecular complexity index is 5790. The SMILES string of the molecule is CC(=O)O.COc1ccc2nc(N3C(=O)C(=O)C(=C(O)c4ccc5c(c4)CC(C)O5)C3c3ccc(O)c(OC)c3)sc2c1.COc1ccc2nc(N3C(=O)C(=O)C(=C(O)c4ccc5c(c4)CC(C)O5)C3c3ccc(O)c(OC)c3)sc2c1.COc1ccc2nc(N3C(=O)C(=O)C(=C(O)c4ccc5c(c4)CC(C)O5)C3c3ccc(O)c(OC)c3)sc2c1. The van der Waals surface area contributed by atoms with Gasteiger partial charge in [0.2, 0.25) is 0 Å². The lowest BCUT2D eigenvalue weighted by molar-refractivity contribution is -0.134. The molecule has 121 heavy (non-hydrogen) atoms. The molecule has 3 fully saturated rings. The number of rotatable bonds is 15. The van der Waals surface area contributed by atoms with E-state index in [1.807, 2.05) is 20.8 Å². The molecule has 618 valence electrons. The van der Waals surface area contributed by atoms with Gasteiger partial charge in [0.1, 0.15) is 70.1 Å². The third-order valence-corrected chi connectivity index (χ3v) is 23.8. The molecule has 12 aromatic rings. The molecule has 6 aliphatic heterocycles. The molecular weight excluding hydrogens is 1620 g/mol. The number of ether oxygens (including phenoxy) is 9. The second-order valence-corrected chi connectivity index (χ2v) is 31.7. The summed E-state index contributed by atoms with van der Waals surface area (Å²) >= 11 is 3.68. The summed E-state index contributed by atoms with van der Waals surface area (Å²) in [5, 5.41) is 73.4. The highest BCUT2D eigenvalue weighted by Crippen LogP contribution is 2.52. The van der Waals surface area contributed by atoms with Crippen LogP contribution in [0.3, 0.4) is 0 Å². The molecule has 6 atom stereocenters. The van der Waals surface area contributed by atoms with Gasteiger partial charge >= 0.3 is 17.7 Å². The number of carbonyl (C=O) groups excluding carboxylic acids is 6. The van der Waals surface area contributed by atoms with Crippen LogP contribution in [0.2, 0.25) is 0 Å². The molecule has 7 N–H and O–H groups in total. The number of hydrogen-bond acceptors (Lipinski definition) is 28. The van der Waals surface area contributed by atoms with Gasteiger partial charge in [-0.05, 0) is 200 Å². The number of ketones is 3. The summed E-state index contributed by atoms with van der Waals surface area (Å²) in [5.41, 5.74) is 6.92. The van der Waals surface area contributed by atoms with E-state index in [4.69, 9.17) is 52.5 Å². The average Bonchev–Trinajstić information content (AvgIpc) is 1.60. The molecule has 32 heteroatoms. The van der Waals surface area contributed by atoms with E-state index >= 15 is 0 Å². The Labute approximate surface area is 701 Å². The number of hydrogen-bond donors (Lipinski definition) is 7. The van der Waals surface area contributed by atoms with Crippen LogP contribution >= 0.6 is 34.0 Å². The van der Waals surface area contributed by atoms with Crippen molar-refractivity contribution in [2.45, 2.75) is 83.4 Å². The fourth-order valence-corrected chi connectivity index (χ4v) is 18.2. The highest BCUT2D eigenvalue weighted by atomic mass is 32.1. The minimum atomic E-state index is -1.02. The minimum Gasteiger partial charge on any atom is -0.507 e. The average molecular weight is 1690 g/mol. The number of carboxylic acids is 1. The third-order valence-electron chi connectivity index (χ3n) is 20.8. The predicted molar refractivity (Wildman–Crippen MR) is 451 cm³/mol. The minimum absolute atomic E-state index is 0.00472. The maximum Gasteiger partial charge on any atom is 0.301 e. The van der Waals surface area contributed by atoms with Crippen LogP contribution in [0.15, 0.2) is 181 Å². The van der Waals surface area contributed by atoms with Gasteiger partial charge in [0.25, 0.3) is 23.3 Å². The second kappa shape index (κ2) is 33.3. The maximum atomic E-state index is 13.6. The summed E-state index contributed by atoms with van der Waals surface area (Å²) < 4.78 is 51.4. The number of aromatic hydroxyl groups is 3. The fourth-order valence-electron chi connectivity index (χ4n) is 15.2. The molecule has 6 aliphatic rings. The third kappa shape index (κ3) is 15.5. The largest absolute Gasteiger partial charge is 0.507 e. The van der Waals surface area contributed by atoms with Crippen molar-refractivity contribution in [3.63, 3.8) is 0 Å². The number of aliphatic hydroxyl groups excluding tert-OH is 3. The van der Waals surface area contributed by atoms with Crippen molar-refractivity contribution in [2.75, 3.05) is 57.4 Å². The molecule has 3 aromatic heterocycles. The normalized spacial score (nSPS) is 19.4. The zero-order valence-corrected chi connectivity index (χ0v) is 68.7. The van der Waals surface area contributed by atoms with E-state index in [0.717, 1.165) is 55.0 Å². The smallest absolute Gasteiger partial charge is 0.301 e. The standard InChI is InChI=1S/3C29H24N2O7S.C2H4O2/c3*1-14-10-17-11-16(5-9-21(17)38-14)26(33)24-25(15-4-8-20(32)22(12-15)37-3)31(28(35)27(24)34)29-30-19-7-6-18(36-2)13-23(19)39-29;1-2(3)4/h3*4-9,11-14,25,32-33H,10H2,1-3H3;1H3,(H,3,4). The Morgan fingerprint density at radius 2 is 0.636 bits per heavy atom. The lowest BCUT2D eigenvalue weighted by atomic mass is 9.94. The van der Waals surface area contributed by atoms with Gasteiger partial charge in [-0.3, -0.25) is 48.3 Å². The predicted octanol–water partition coefficient (Wildman–Crippen LogP) is 15.0. The van der Waals surface area contributed by atoms with Gasteiger partial charge in [-0.15, -0.1) is 0 Å². The lowest BCUT2D eigenvalue weighted by Gasteiger charge is -2.23. The first-order valence-corrected chi connectivity index (χ1v) is 40.0. The Morgan fingerprint density at radius 3 is 0.884 bits per heavy atom. The van der Waals surface area contributed by atoms with E-state index in [1.54, 1.807) is 167 Å². The molecule has 6 unspecified atom stereocenters. The number of amides is 3. The van der Waals surface area contributed by atoms with Crippen LogP contribution in [0.5, 0.6) is 69.0 Å². The molecule has 9 aromatic carbocycles. The number of phenolic OH excluding ortho intramolecular Hbond substituents is 3. The first kappa shape index (κ1) is 81.9. The summed E-state index contributed by atoms with van der Waals surface area (Å²) in [6.07, 6.45) is 2.01. The molecule has 3 saturated heterocycles. The van der Waals surface area contributed by atoms with Crippen LogP contribution in [0, 0.1) is 0 Å². The van der Waals surface area contributed by atoms with Crippen LogP contribution in [0.1, 0.15) is 95.9 Å². The number of carboxylic acid groups (broad SMARTS) is 1. The summed E-state index contributed by atoms with van der Waals surface area (Å²) in [5.74, 6) is -2.47. The molecule has 9 heterocycles. The van der Waals surface area contributed by atoms with Gasteiger partial charge in [-0.1, -0.05) is 52.2 Å². The summed E-state index contributed by atoms with van der Waals surface area (Å²) in [4.78, 5) is 108. The summed E-state index contributed by atoms with van der Waals surface area (Å²) in [6, 6.07) is 42.2. The maximum absolute atomic E-state index is 13.6. The van der Waals surface area contributed by atoms with Crippen LogP contribution in [-0.4, -0.2) is 153 Å². The molecule has 0 spiro atoms. The van der Waals surface area contributed by atoms with Gasteiger partial charge in [-0.2, -0.15) is 0 Å². The van der Waals surface area contributed by atoms with Crippen LogP contribution in [0.4, 0.5) is 15.4 Å². The van der Waals surface area contributed by atoms with Gasteiger partial charge in [0.15, 0.2) is 49.9 Å². The van der Waals surface area contributed by atoms with Gasteiger partial charge in [-0.25, -0.2) is 15.0 Å². The van der Waals surface area contributed by atoms with Crippen molar-refractivity contribution in [3.05, 3.63) is 231 Å². The molecule has 29 nitrogen and oxygen atoms in total. The van der Waals surface area contributed by atoms with Gasteiger partial charge in [0, 0.05) is 42.9 Å². The second-order valence-electron chi connectivity index (χ2n) is 28.7. The van der Waals surface area contributed by atoms with Crippen molar-refractivity contribution >= 4 is 138 Å². The Morgan fingerprint density at radius 1 is 0.372 bits per heavy atom. The monoisotopic (exact) mass is 1690 g/mol. The highest BCUT2D eigenvalue weighted by Gasteiger charge is 2.52. The van der Waals surface area contributed by atoms with Crippen molar-refractivity contribution < 1.29 is 112 Å². The van der Waals surface area contributed by atoms with Crippen LogP contribution in [0.25, 0.3) is 47.9 Å². The molecule has 0 radical (unpaired) electrons. The molecule has 18 rings (SSSR count). The molecule has 3 amide bonds. The van der Waals surface area contributed by atoms with Crippen LogP contribution in [-0.2, 0) is 52.8 Å². The number of methoxy groups -OCH3 is 6. The number of Topliss-reactive ketones (excluding diaryl/α,β-unsaturated/α-hetero) is 3. The van der Waals surface area contributed by atoms with Crippen molar-refractivity contribution in [1.82, 2.24) is 15.0 Å².